The summed E-state index contributed by atoms with van der Waals surface area (Å²) in [5, 5.41) is 1.06. The predicted molar refractivity (Wildman–Crippen MR) is 78.7 cm³/mol. The average molecular weight is 278 g/mol. The number of nitrogens with zero attached hydrogens (tertiary/aromatic N) is 2. The number of thiazole rings is 1. The van der Waals surface area contributed by atoms with Gasteiger partial charge in [0, 0.05) is 18.7 Å². The number of hydrogen-bond donors (Lipinski definition) is 1. The minimum Gasteiger partial charge on any atom is -0.312 e. The Morgan fingerprint density at radius 1 is 1.56 bits per heavy atom. The Balaban J connectivity index is 1.96. The Hall–Kier alpha value is -1.07. The number of amides is 1. The fraction of sp³-hybridized carbons (Fsp3) is 0.385. The van der Waals surface area contributed by atoms with Gasteiger partial charge in [0.05, 0.1) is 15.2 Å². The van der Waals surface area contributed by atoms with Gasteiger partial charge in [0.2, 0.25) is 5.91 Å². The molecule has 0 N–H and O–H groups in total. The number of rotatable bonds is 2. The van der Waals surface area contributed by atoms with Crippen LogP contribution < -0.4 is 4.90 Å². The molecule has 1 fully saturated rings. The van der Waals surface area contributed by atoms with Crippen LogP contribution in [0, 0.1) is 12.8 Å². The molecule has 5 heteroatoms. The van der Waals surface area contributed by atoms with E-state index in [-0.39, 0.29) is 5.91 Å². The third-order valence-corrected chi connectivity index (χ3v) is 4.72. The molecular weight excluding hydrogens is 264 g/mol. The average Bonchev–Trinajstić information content (AvgIpc) is 2.89. The van der Waals surface area contributed by atoms with E-state index in [1.54, 1.807) is 11.3 Å². The van der Waals surface area contributed by atoms with Gasteiger partial charge in [0.15, 0.2) is 0 Å². The zero-order valence-corrected chi connectivity index (χ0v) is 11.8. The fourth-order valence-electron chi connectivity index (χ4n) is 2.35. The van der Waals surface area contributed by atoms with Crippen LogP contribution in [-0.2, 0) is 4.79 Å². The van der Waals surface area contributed by atoms with Crippen molar-refractivity contribution in [1.82, 2.24) is 4.98 Å². The quantitative estimate of drug-likeness (QED) is 0.857. The van der Waals surface area contributed by atoms with E-state index in [4.69, 9.17) is 0 Å². The minimum absolute atomic E-state index is 0.195. The van der Waals surface area contributed by atoms with Gasteiger partial charge < -0.3 is 4.90 Å². The van der Waals surface area contributed by atoms with Crippen molar-refractivity contribution in [1.29, 1.82) is 0 Å². The molecule has 18 heavy (non-hydrogen) atoms. The number of aryl methyl sites for hydroxylation is 1. The molecule has 2 aromatic rings. The number of carbonyl (C=O) groups is 1. The number of fused-ring (bicyclic) bond motifs is 1. The van der Waals surface area contributed by atoms with E-state index in [0.29, 0.717) is 12.3 Å². The summed E-state index contributed by atoms with van der Waals surface area (Å²) in [5.74, 6) is 1.33. The van der Waals surface area contributed by atoms with Crippen molar-refractivity contribution in [2.24, 2.45) is 5.92 Å². The van der Waals surface area contributed by atoms with Crippen LogP contribution in [0.25, 0.3) is 10.2 Å². The van der Waals surface area contributed by atoms with E-state index >= 15 is 0 Å². The Morgan fingerprint density at radius 3 is 3.11 bits per heavy atom. The van der Waals surface area contributed by atoms with Crippen molar-refractivity contribution >= 4 is 45.8 Å². The molecule has 1 aromatic heterocycles. The monoisotopic (exact) mass is 278 g/mol. The maximum atomic E-state index is 12.0. The topological polar surface area (TPSA) is 33.2 Å². The lowest BCUT2D eigenvalue weighted by Crippen LogP contribution is -2.24. The molecule has 3 nitrogen and oxygen atoms in total. The maximum absolute atomic E-state index is 12.0. The summed E-state index contributed by atoms with van der Waals surface area (Å²) in [4.78, 5) is 18.3. The van der Waals surface area contributed by atoms with E-state index in [2.05, 4.69) is 23.7 Å². The molecule has 0 radical (unpaired) electrons. The van der Waals surface area contributed by atoms with Crippen LogP contribution in [0.1, 0.15) is 11.4 Å². The summed E-state index contributed by atoms with van der Waals surface area (Å²) >= 11 is 5.96. The molecule has 94 valence electrons. The van der Waals surface area contributed by atoms with Crippen molar-refractivity contribution in [3.05, 3.63) is 23.2 Å². The number of benzene rings is 1. The Morgan fingerprint density at radius 2 is 2.39 bits per heavy atom. The summed E-state index contributed by atoms with van der Waals surface area (Å²) in [5.41, 5.74) is 1.94. The summed E-state index contributed by atoms with van der Waals surface area (Å²) in [6, 6.07) is 6.08. The lowest BCUT2D eigenvalue weighted by atomic mass is 10.1. The second-order valence-electron chi connectivity index (χ2n) is 4.64. The third kappa shape index (κ3) is 2.01. The molecule has 0 aliphatic carbocycles. The Labute approximate surface area is 115 Å². The molecular formula is C13H14N2OS2. The molecule has 0 spiro atoms. The molecule has 1 atom stereocenters. The Kier molecular flexibility index (Phi) is 3.03. The summed E-state index contributed by atoms with van der Waals surface area (Å²) in [6.07, 6.45) is 0.609. The number of aromatic nitrogens is 1. The van der Waals surface area contributed by atoms with Crippen molar-refractivity contribution in [3.63, 3.8) is 0 Å². The molecule has 0 saturated carbocycles. The van der Waals surface area contributed by atoms with Gasteiger partial charge in [-0.1, -0.05) is 0 Å². The van der Waals surface area contributed by atoms with Gasteiger partial charge in [-0.15, -0.1) is 11.3 Å². The van der Waals surface area contributed by atoms with Gasteiger partial charge in [-0.25, -0.2) is 4.98 Å². The standard InChI is InChI=1S/C13H14N2OS2/c1-8-14-11-5-10(2-3-12(11)18-8)15-6-9(7-17)4-13(15)16/h2-3,5,9,17H,4,6-7H2,1H3. The minimum atomic E-state index is 0.195. The molecule has 1 unspecified atom stereocenters. The normalized spacial score (nSPS) is 20.0. The first-order valence-corrected chi connectivity index (χ1v) is 7.40. The molecule has 1 saturated heterocycles. The van der Waals surface area contributed by atoms with Crippen LogP contribution in [-0.4, -0.2) is 23.2 Å². The van der Waals surface area contributed by atoms with Gasteiger partial charge in [0.25, 0.3) is 0 Å². The van der Waals surface area contributed by atoms with E-state index in [1.165, 1.54) is 4.70 Å². The second kappa shape index (κ2) is 4.55. The van der Waals surface area contributed by atoms with Gasteiger partial charge in [-0.3, -0.25) is 4.79 Å². The van der Waals surface area contributed by atoms with E-state index in [1.807, 2.05) is 24.0 Å². The number of hydrogen-bond acceptors (Lipinski definition) is 4. The molecule has 1 aliphatic rings. The molecule has 1 aliphatic heterocycles. The molecule has 3 rings (SSSR count). The number of carbonyl (C=O) groups excluding carboxylic acids is 1. The molecule has 1 aromatic carbocycles. The zero-order chi connectivity index (χ0) is 12.7. The lowest BCUT2D eigenvalue weighted by molar-refractivity contribution is -0.117. The largest absolute Gasteiger partial charge is 0.312 e. The molecule has 2 heterocycles. The van der Waals surface area contributed by atoms with Gasteiger partial charge in [-0.05, 0) is 36.8 Å². The molecule has 0 bridgehead atoms. The molecule has 1 amide bonds. The van der Waals surface area contributed by atoms with E-state index in [9.17, 15) is 4.79 Å². The SMILES string of the molecule is Cc1nc2cc(N3CC(CS)CC3=O)ccc2s1. The van der Waals surface area contributed by atoms with Crippen LogP contribution in [0.15, 0.2) is 18.2 Å². The zero-order valence-electron chi connectivity index (χ0n) is 10.1. The first kappa shape index (κ1) is 12.0. The van der Waals surface area contributed by atoms with Gasteiger partial charge in [0.1, 0.15) is 0 Å². The lowest BCUT2D eigenvalue weighted by Gasteiger charge is -2.16. The predicted octanol–water partition coefficient (Wildman–Crippen LogP) is 2.89. The third-order valence-electron chi connectivity index (χ3n) is 3.25. The van der Waals surface area contributed by atoms with Gasteiger partial charge in [-0.2, -0.15) is 12.6 Å². The van der Waals surface area contributed by atoms with E-state index < -0.39 is 0 Å². The van der Waals surface area contributed by atoms with Crippen LogP contribution in [0.5, 0.6) is 0 Å². The smallest absolute Gasteiger partial charge is 0.227 e. The highest BCUT2D eigenvalue weighted by molar-refractivity contribution is 7.80. The number of anilines is 1. The first-order valence-electron chi connectivity index (χ1n) is 5.96. The summed E-state index contributed by atoms with van der Waals surface area (Å²) in [7, 11) is 0. The van der Waals surface area contributed by atoms with Crippen molar-refractivity contribution in [2.75, 3.05) is 17.2 Å². The van der Waals surface area contributed by atoms with E-state index in [0.717, 1.165) is 28.5 Å². The summed E-state index contributed by atoms with van der Waals surface area (Å²) < 4.78 is 1.17. The first-order chi connectivity index (χ1) is 8.67. The highest BCUT2D eigenvalue weighted by atomic mass is 32.1. The number of thiol groups is 1. The fourth-order valence-corrected chi connectivity index (χ4v) is 3.40. The highest BCUT2D eigenvalue weighted by Crippen LogP contribution is 2.30. The maximum Gasteiger partial charge on any atom is 0.227 e. The van der Waals surface area contributed by atoms with Crippen molar-refractivity contribution < 1.29 is 4.79 Å². The van der Waals surface area contributed by atoms with Crippen molar-refractivity contribution in [3.8, 4) is 0 Å². The van der Waals surface area contributed by atoms with Crippen LogP contribution in [0.4, 0.5) is 5.69 Å². The van der Waals surface area contributed by atoms with Crippen LogP contribution in [0.3, 0.4) is 0 Å². The van der Waals surface area contributed by atoms with Crippen molar-refractivity contribution in [2.45, 2.75) is 13.3 Å². The highest BCUT2D eigenvalue weighted by Gasteiger charge is 2.29. The van der Waals surface area contributed by atoms with Crippen LogP contribution in [0.2, 0.25) is 0 Å². The van der Waals surface area contributed by atoms with Gasteiger partial charge >= 0.3 is 0 Å². The summed E-state index contributed by atoms with van der Waals surface area (Å²) in [6.45, 7) is 2.78. The second-order valence-corrected chi connectivity index (χ2v) is 6.24. The Bertz CT molecular complexity index is 608. The van der Waals surface area contributed by atoms with Crippen LogP contribution >= 0.6 is 24.0 Å².